The predicted molar refractivity (Wildman–Crippen MR) is 233 cm³/mol. The number of ether oxygens (including phenoxy) is 2. The molecule has 0 aliphatic carbocycles. The van der Waals surface area contributed by atoms with Crippen molar-refractivity contribution in [3.8, 4) is 0 Å². The van der Waals surface area contributed by atoms with Gasteiger partial charge < -0.3 is 24.6 Å². The molecular weight excluding hydrogens is 743 g/mol. The minimum absolute atomic E-state index is 0.134. The van der Waals surface area contributed by atoms with Crippen molar-refractivity contribution >= 4 is 19.8 Å². The molecule has 0 rings (SSSR count). The Balaban J connectivity index is 4.02. The Morgan fingerprint density at radius 2 is 0.825 bits per heavy atom. The maximum Gasteiger partial charge on any atom is 0.472 e. The Labute approximate surface area is 345 Å². The highest BCUT2D eigenvalue weighted by molar-refractivity contribution is 7.47. The summed E-state index contributed by atoms with van der Waals surface area (Å²) in [7, 11) is -4.66. The third-order valence-electron chi connectivity index (χ3n) is 8.59. The molecule has 326 valence electrons. The maximum absolute atomic E-state index is 12.4. The molecule has 0 fully saturated rings. The Kier molecular flexibility index (Phi) is 39.2. The molecule has 3 atom stereocenters. The molecule has 0 heterocycles. The second kappa shape index (κ2) is 41.3. The van der Waals surface area contributed by atoms with E-state index in [0.29, 0.717) is 12.8 Å². The van der Waals surface area contributed by atoms with E-state index in [4.69, 9.17) is 18.5 Å². The summed E-state index contributed by atoms with van der Waals surface area (Å²) < 4.78 is 32.5. The van der Waals surface area contributed by atoms with E-state index in [2.05, 4.69) is 98.9 Å². The lowest BCUT2D eigenvalue weighted by Crippen LogP contribution is -2.28. The predicted octanol–water partition coefficient (Wildman–Crippen LogP) is 11.4. The van der Waals surface area contributed by atoms with E-state index in [9.17, 15) is 29.3 Å². The Morgan fingerprint density at radius 1 is 0.491 bits per heavy atom. The zero-order valence-corrected chi connectivity index (χ0v) is 36.2. The zero-order valence-electron chi connectivity index (χ0n) is 35.3. The van der Waals surface area contributed by atoms with Crippen molar-refractivity contribution in [3.63, 3.8) is 0 Å². The van der Waals surface area contributed by atoms with Gasteiger partial charge in [-0.3, -0.25) is 18.6 Å². The van der Waals surface area contributed by atoms with Crippen LogP contribution in [0.5, 0.6) is 0 Å². The van der Waals surface area contributed by atoms with Crippen LogP contribution in [0.15, 0.2) is 85.1 Å². The molecule has 3 unspecified atom stereocenters. The number of esters is 2. The first-order valence-electron chi connectivity index (χ1n) is 21.5. The normalized spacial score (nSPS) is 14.7. The molecule has 0 spiro atoms. The summed E-state index contributed by atoms with van der Waals surface area (Å²) in [6.45, 7) is 1.98. The number of aliphatic hydroxyl groups excluding tert-OH is 2. The van der Waals surface area contributed by atoms with Crippen LogP contribution in [0.3, 0.4) is 0 Å². The van der Waals surface area contributed by atoms with Gasteiger partial charge in [0.15, 0.2) is 0 Å². The Bertz CT molecular complexity index is 1220. The van der Waals surface area contributed by atoms with Gasteiger partial charge in [0.05, 0.1) is 26.4 Å². The lowest BCUT2D eigenvalue weighted by molar-refractivity contribution is -0.153. The second-order valence-electron chi connectivity index (χ2n) is 13.9. The summed E-state index contributed by atoms with van der Waals surface area (Å²) in [5, 5.41) is 19.2. The molecule has 0 saturated carbocycles. The van der Waals surface area contributed by atoms with Crippen LogP contribution in [0.25, 0.3) is 0 Å². The highest BCUT2D eigenvalue weighted by Crippen LogP contribution is 2.43. The van der Waals surface area contributed by atoms with Crippen LogP contribution in [0.4, 0.5) is 0 Å². The van der Waals surface area contributed by atoms with Gasteiger partial charge in [-0.25, -0.2) is 4.57 Å². The van der Waals surface area contributed by atoms with Gasteiger partial charge in [0.1, 0.15) is 12.2 Å². The van der Waals surface area contributed by atoms with E-state index in [1.807, 2.05) is 0 Å². The number of allylic oxidation sites excluding steroid dienone is 14. The fourth-order valence-electron chi connectivity index (χ4n) is 5.29. The van der Waals surface area contributed by atoms with E-state index >= 15 is 0 Å². The maximum atomic E-state index is 12.4. The molecule has 0 aliphatic heterocycles. The van der Waals surface area contributed by atoms with E-state index in [-0.39, 0.29) is 12.8 Å². The number of unbranched alkanes of at least 4 members (excludes halogenated alkanes) is 11. The Morgan fingerprint density at radius 3 is 1.23 bits per heavy atom. The topological polar surface area (TPSA) is 149 Å². The van der Waals surface area contributed by atoms with E-state index in [0.717, 1.165) is 89.9 Å². The molecule has 0 aromatic heterocycles. The highest BCUT2D eigenvalue weighted by Gasteiger charge is 2.27. The molecule has 0 aromatic rings. The number of rotatable bonds is 39. The van der Waals surface area contributed by atoms with Gasteiger partial charge in [-0.15, -0.1) is 0 Å². The molecule has 0 saturated heterocycles. The molecule has 0 aromatic carbocycles. The third kappa shape index (κ3) is 39.7. The minimum Gasteiger partial charge on any atom is -0.457 e. The minimum atomic E-state index is -4.66. The number of phosphoric ester groups is 1. The largest absolute Gasteiger partial charge is 0.472 e. The van der Waals surface area contributed by atoms with Crippen LogP contribution in [0.2, 0.25) is 0 Å². The van der Waals surface area contributed by atoms with Crippen molar-refractivity contribution in [1.82, 2.24) is 0 Å². The number of hydrogen-bond donors (Lipinski definition) is 3. The van der Waals surface area contributed by atoms with Gasteiger partial charge in [-0.1, -0.05) is 137 Å². The Hall–Kier alpha value is -2.85. The van der Waals surface area contributed by atoms with Crippen LogP contribution >= 0.6 is 7.82 Å². The van der Waals surface area contributed by atoms with Crippen LogP contribution in [0, 0.1) is 0 Å². The van der Waals surface area contributed by atoms with Gasteiger partial charge in [0.2, 0.25) is 0 Å². The van der Waals surface area contributed by atoms with Gasteiger partial charge in [-0.05, 0) is 89.9 Å². The quantitative estimate of drug-likeness (QED) is 0.0237. The average Bonchev–Trinajstić information content (AvgIpc) is 3.20. The standard InChI is InChI=1S/C46H77O10P/c1-3-5-7-9-11-13-15-17-19-20-21-22-24-26-28-30-32-34-36-38-46(50)56-44(40-48)42-54-57(51,52)53-41-43(39-47)55-45(49)37-35-33-31-29-27-25-23-18-16-14-12-10-8-6-4-2/h6,8,11-14,17-19,21-23,27,29,43-44,47-48H,3-5,7,9-10,15-16,20,24-26,28,30-42H2,1-2H3,(H,51,52)/b8-6-,13-11-,14-12-,19-17-,22-21-,23-18-,29-27-. The lowest BCUT2D eigenvalue weighted by Gasteiger charge is -2.20. The summed E-state index contributed by atoms with van der Waals surface area (Å²) in [5.41, 5.74) is 0. The summed E-state index contributed by atoms with van der Waals surface area (Å²) in [6, 6.07) is 0. The first-order valence-corrected chi connectivity index (χ1v) is 23.0. The average molecular weight is 821 g/mol. The number of carbonyl (C=O) groups excluding carboxylic acids is 2. The van der Waals surface area contributed by atoms with Gasteiger partial charge >= 0.3 is 19.8 Å². The van der Waals surface area contributed by atoms with Crippen LogP contribution in [-0.4, -0.2) is 65.7 Å². The smallest absolute Gasteiger partial charge is 0.457 e. The highest BCUT2D eigenvalue weighted by atomic mass is 31.2. The molecule has 11 heteroatoms. The van der Waals surface area contributed by atoms with Crippen molar-refractivity contribution in [1.29, 1.82) is 0 Å². The van der Waals surface area contributed by atoms with Gasteiger partial charge in [0, 0.05) is 12.8 Å². The monoisotopic (exact) mass is 821 g/mol. The fourth-order valence-corrected chi connectivity index (χ4v) is 6.07. The summed E-state index contributed by atoms with van der Waals surface area (Å²) >= 11 is 0. The van der Waals surface area contributed by atoms with Gasteiger partial charge in [0.25, 0.3) is 0 Å². The van der Waals surface area contributed by atoms with Crippen LogP contribution < -0.4 is 0 Å². The van der Waals surface area contributed by atoms with E-state index in [1.54, 1.807) is 0 Å². The number of aliphatic hydroxyl groups is 2. The first kappa shape index (κ1) is 54.2. The summed E-state index contributed by atoms with van der Waals surface area (Å²) in [6.07, 6.45) is 48.4. The van der Waals surface area contributed by atoms with Gasteiger partial charge in [-0.2, -0.15) is 0 Å². The molecule has 0 amide bonds. The number of carbonyl (C=O) groups is 2. The SMILES string of the molecule is CC/C=C\C/C=C\C/C=C\C/C=C\CCCCC(=O)OC(CO)COP(=O)(O)OCC(CO)OC(=O)CCCCCCCC/C=C\C/C=C\C/C=C\CCCCC. The van der Waals surface area contributed by atoms with Crippen LogP contribution in [0.1, 0.15) is 155 Å². The van der Waals surface area contributed by atoms with Crippen molar-refractivity contribution in [2.24, 2.45) is 0 Å². The van der Waals surface area contributed by atoms with Crippen molar-refractivity contribution in [3.05, 3.63) is 85.1 Å². The lowest BCUT2D eigenvalue weighted by atomic mass is 10.1. The van der Waals surface area contributed by atoms with Crippen molar-refractivity contribution < 1.29 is 47.8 Å². The molecule has 57 heavy (non-hydrogen) atoms. The zero-order chi connectivity index (χ0) is 41.9. The fraction of sp³-hybridized carbons (Fsp3) is 0.652. The molecule has 0 radical (unpaired) electrons. The summed E-state index contributed by atoms with van der Waals surface area (Å²) in [4.78, 5) is 34.5. The van der Waals surface area contributed by atoms with E-state index < -0.39 is 58.4 Å². The number of hydrogen-bond acceptors (Lipinski definition) is 9. The van der Waals surface area contributed by atoms with Crippen molar-refractivity contribution in [2.75, 3.05) is 26.4 Å². The van der Waals surface area contributed by atoms with Crippen LogP contribution in [-0.2, 0) is 32.7 Å². The summed E-state index contributed by atoms with van der Waals surface area (Å²) in [5.74, 6) is -1.08. The first-order chi connectivity index (χ1) is 27.8. The molecule has 3 N–H and O–H groups in total. The third-order valence-corrected chi connectivity index (χ3v) is 9.54. The second-order valence-corrected chi connectivity index (χ2v) is 15.4. The molecular formula is C46H77O10P. The number of phosphoric acid groups is 1. The van der Waals surface area contributed by atoms with E-state index in [1.165, 1.54) is 25.7 Å². The molecule has 0 bridgehead atoms. The molecule has 0 aliphatic rings. The molecule has 10 nitrogen and oxygen atoms in total. The van der Waals surface area contributed by atoms with Crippen molar-refractivity contribution in [2.45, 2.75) is 167 Å².